The van der Waals surface area contributed by atoms with E-state index in [1.54, 1.807) is 7.05 Å². The summed E-state index contributed by atoms with van der Waals surface area (Å²) in [6, 6.07) is 9.50. The molecule has 3 heterocycles. The highest BCUT2D eigenvalue weighted by Gasteiger charge is 2.53. The Bertz CT molecular complexity index is 788. The van der Waals surface area contributed by atoms with Gasteiger partial charge in [-0.05, 0) is 18.9 Å². The number of fused-ring (bicyclic) bond motifs is 3. The number of allylic oxidation sites excluding steroid dienone is 1. The Labute approximate surface area is 146 Å². The van der Waals surface area contributed by atoms with E-state index in [0.29, 0.717) is 0 Å². The van der Waals surface area contributed by atoms with Crippen LogP contribution in [0.1, 0.15) is 12.5 Å². The number of benzene rings is 1. The number of rotatable bonds is 3. The van der Waals surface area contributed by atoms with Gasteiger partial charge in [0.15, 0.2) is 12.2 Å². The highest BCUT2D eigenvalue weighted by Crippen LogP contribution is 2.33. The van der Waals surface area contributed by atoms with E-state index in [1.165, 1.54) is 22.4 Å². The SMILES string of the molecule is CC1=CN2C(=NC3C2C(=O)N(C)C(=O)N3C)N1CCc1ccccc1. The van der Waals surface area contributed by atoms with Crippen LogP contribution >= 0.6 is 0 Å². The maximum Gasteiger partial charge on any atom is 0.328 e. The van der Waals surface area contributed by atoms with Gasteiger partial charge in [-0.1, -0.05) is 30.3 Å². The van der Waals surface area contributed by atoms with E-state index >= 15 is 0 Å². The molecule has 1 aromatic carbocycles. The fourth-order valence-corrected chi connectivity index (χ4v) is 3.65. The zero-order chi connectivity index (χ0) is 17.7. The zero-order valence-electron chi connectivity index (χ0n) is 14.6. The number of carbonyl (C=O) groups is 2. The first-order chi connectivity index (χ1) is 12.0. The van der Waals surface area contributed by atoms with Gasteiger partial charge in [-0.3, -0.25) is 9.69 Å². The molecule has 130 valence electrons. The molecule has 1 saturated heterocycles. The number of hydrogen-bond donors (Lipinski definition) is 0. The van der Waals surface area contributed by atoms with Crippen molar-refractivity contribution >= 4 is 17.9 Å². The minimum absolute atomic E-state index is 0.208. The predicted molar refractivity (Wildman–Crippen MR) is 93.4 cm³/mol. The summed E-state index contributed by atoms with van der Waals surface area (Å²) in [6.45, 7) is 2.80. The van der Waals surface area contributed by atoms with Crippen molar-refractivity contribution in [3.63, 3.8) is 0 Å². The van der Waals surface area contributed by atoms with E-state index in [-0.39, 0.29) is 11.9 Å². The minimum atomic E-state index is -0.473. The van der Waals surface area contributed by atoms with Crippen LogP contribution in [0.5, 0.6) is 0 Å². The lowest BCUT2D eigenvalue weighted by molar-refractivity contribution is -0.135. The maximum absolute atomic E-state index is 12.6. The molecule has 0 aliphatic carbocycles. The maximum atomic E-state index is 12.6. The number of amides is 3. The Kier molecular flexibility index (Phi) is 3.52. The number of carbonyl (C=O) groups excluding carboxylic acids is 2. The van der Waals surface area contributed by atoms with Gasteiger partial charge in [0.05, 0.1) is 0 Å². The molecule has 3 amide bonds. The Morgan fingerprint density at radius 2 is 1.84 bits per heavy atom. The third kappa shape index (κ3) is 2.30. The molecular weight excluding hydrogens is 318 g/mol. The van der Waals surface area contributed by atoms with E-state index in [0.717, 1.165) is 24.6 Å². The number of aliphatic imine (C=N–C) groups is 1. The van der Waals surface area contributed by atoms with Gasteiger partial charge in [0.1, 0.15) is 0 Å². The zero-order valence-corrected chi connectivity index (χ0v) is 14.6. The molecule has 3 aliphatic heterocycles. The van der Waals surface area contributed by atoms with Crippen molar-refractivity contribution in [1.29, 1.82) is 0 Å². The largest absolute Gasteiger partial charge is 0.328 e. The normalized spacial score (nSPS) is 25.2. The summed E-state index contributed by atoms with van der Waals surface area (Å²) in [5.74, 6) is 0.549. The number of imide groups is 1. The molecule has 0 saturated carbocycles. The van der Waals surface area contributed by atoms with Gasteiger partial charge in [-0.2, -0.15) is 0 Å². The quantitative estimate of drug-likeness (QED) is 0.833. The molecule has 7 nitrogen and oxygen atoms in total. The average molecular weight is 339 g/mol. The van der Waals surface area contributed by atoms with Crippen molar-refractivity contribution in [2.75, 3.05) is 20.6 Å². The van der Waals surface area contributed by atoms with E-state index in [1.807, 2.05) is 36.2 Å². The van der Waals surface area contributed by atoms with Crippen LogP contribution in [-0.4, -0.2) is 70.3 Å². The lowest BCUT2D eigenvalue weighted by Crippen LogP contribution is -2.63. The van der Waals surface area contributed by atoms with Crippen LogP contribution in [0.4, 0.5) is 4.79 Å². The van der Waals surface area contributed by atoms with Crippen LogP contribution in [0, 0.1) is 0 Å². The summed E-state index contributed by atoms with van der Waals surface area (Å²) < 4.78 is 0. The second kappa shape index (κ2) is 5.61. The predicted octanol–water partition coefficient (Wildman–Crippen LogP) is 1.30. The first-order valence-electron chi connectivity index (χ1n) is 8.39. The summed E-state index contributed by atoms with van der Waals surface area (Å²) in [6.07, 6.45) is 2.38. The molecule has 3 aliphatic rings. The number of guanidine groups is 1. The summed E-state index contributed by atoms with van der Waals surface area (Å²) in [5.41, 5.74) is 2.32. The van der Waals surface area contributed by atoms with Crippen molar-refractivity contribution < 1.29 is 9.59 Å². The topological polar surface area (TPSA) is 59.5 Å². The van der Waals surface area contributed by atoms with E-state index in [2.05, 4.69) is 17.0 Å². The number of nitrogens with zero attached hydrogens (tertiary/aromatic N) is 5. The fourth-order valence-electron chi connectivity index (χ4n) is 3.65. The Hall–Kier alpha value is -2.83. The molecule has 0 aromatic heterocycles. The average Bonchev–Trinajstić information content (AvgIpc) is 3.12. The van der Waals surface area contributed by atoms with Crippen molar-refractivity contribution in [2.24, 2.45) is 4.99 Å². The molecule has 2 unspecified atom stereocenters. The van der Waals surface area contributed by atoms with Gasteiger partial charge in [0.2, 0.25) is 5.96 Å². The summed E-state index contributed by atoms with van der Waals surface area (Å²) in [7, 11) is 3.22. The molecule has 2 atom stereocenters. The Balaban J connectivity index is 1.58. The van der Waals surface area contributed by atoms with Crippen LogP contribution in [0.15, 0.2) is 47.2 Å². The van der Waals surface area contributed by atoms with E-state index < -0.39 is 12.2 Å². The second-order valence-corrected chi connectivity index (χ2v) is 6.64. The van der Waals surface area contributed by atoms with Crippen molar-refractivity contribution in [1.82, 2.24) is 19.6 Å². The lowest BCUT2D eigenvalue weighted by atomic mass is 10.1. The van der Waals surface area contributed by atoms with Gasteiger partial charge < -0.3 is 14.7 Å². The van der Waals surface area contributed by atoms with Gasteiger partial charge in [-0.25, -0.2) is 9.79 Å². The monoisotopic (exact) mass is 339 g/mol. The second-order valence-electron chi connectivity index (χ2n) is 6.64. The molecule has 25 heavy (non-hydrogen) atoms. The van der Waals surface area contributed by atoms with Gasteiger partial charge in [0.25, 0.3) is 5.91 Å². The third-order valence-electron chi connectivity index (χ3n) is 5.09. The molecule has 1 aromatic rings. The summed E-state index contributed by atoms with van der Waals surface area (Å²) in [4.78, 5) is 36.2. The lowest BCUT2D eigenvalue weighted by Gasteiger charge is -2.38. The number of likely N-dealkylation sites (N-methyl/N-ethyl adjacent to an activating group) is 2. The molecule has 0 spiro atoms. The van der Waals surface area contributed by atoms with E-state index in [4.69, 9.17) is 4.99 Å². The van der Waals surface area contributed by atoms with Gasteiger partial charge in [-0.15, -0.1) is 0 Å². The molecular formula is C18H21N5O2. The molecule has 0 N–H and O–H groups in total. The molecule has 4 rings (SSSR count). The van der Waals surface area contributed by atoms with Crippen molar-refractivity contribution in [3.05, 3.63) is 47.8 Å². The van der Waals surface area contributed by atoms with Crippen LogP contribution < -0.4 is 0 Å². The number of hydrogen-bond acceptors (Lipinski definition) is 5. The highest BCUT2D eigenvalue weighted by molar-refractivity contribution is 6.04. The van der Waals surface area contributed by atoms with Crippen LogP contribution in [0.25, 0.3) is 0 Å². The minimum Gasteiger partial charge on any atom is -0.314 e. The molecule has 7 heteroatoms. The van der Waals surface area contributed by atoms with Crippen LogP contribution in [0.3, 0.4) is 0 Å². The fraction of sp³-hybridized carbons (Fsp3) is 0.389. The summed E-state index contributed by atoms with van der Waals surface area (Å²) in [5, 5.41) is 0. The number of urea groups is 1. The van der Waals surface area contributed by atoms with Gasteiger partial charge >= 0.3 is 6.03 Å². The van der Waals surface area contributed by atoms with Crippen molar-refractivity contribution in [3.8, 4) is 0 Å². The van der Waals surface area contributed by atoms with Gasteiger partial charge in [0, 0.05) is 32.5 Å². The van der Waals surface area contributed by atoms with Crippen LogP contribution in [0.2, 0.25) is 0 Å². The molecule has 0 radical (unpaired) electrons. The highest BCUT2D eigenvalue weighted by atomic mass is 16.2. The third-order valence-corrected chi connectivity index (χ3v) is 5.09. The molecule has 1 fully saturated rings. The van der Waals surface area contributed by atoms with Crippen molar-refractivity contribution in [2.45, 2.75) is 25.6 Å². The van der Waals surface area contributed by atoms with Crippen LogP contribution in [-0.2, 0) is 11.2 Å². The standard InChI is InChI=1S/C18H21N5O2/c1-12-11-23-14-15(20(2)18(25)21(3)16(14)24)19-17(23)22(12)10-9-13-7-5-4-6-8-13/h4-8,11,14-15H,9-10H2,1-3H3. The summed E-state index contributed by atoms with van der Waals surface area (Å²) >= 11 is 0. The first-order valence-corrected chi connectivity index (χ1v) is 8.39. The first kappa shape index (κ1) is 15.7. The Morgan fingerprint density at radius 3 is 2.56 bits per heavy atom. The molecule has 0 bridgehead atoms. The Morgan fingerprint density at radius 1 is 1.12 bits per heavy atom. The van der Waals surface area contributed by atoms with E-state index in [9.17, 15) is 9.59 Å². The smallest absolute Gasteiger partial charge is 0.314 e.